The number of fused-ring (bicyclic) bond motifs is 1. The van der Waals surface area contributed by atoms with Gasteiger partial charge in [0.05, 0.1) is 29.1 Å². The summed E-state index contributed by atoms with van der Waals surface area (Å²) in [5.74, 6) is -2.93. The molecule has 0 bridgehead atoms. The number of anilines is 1. The lowest BCUT2D eigenvalue weighted by molar-refractivity contribution is -0.114. The summed E-state index contributed by atoms with van der Waals surface area (Å²) in [5.41, 5.74) is 0.0189. The molecule has 5 nitrogen and oxygen atoms in total. The average Bonchev–Trinajstić information content (AvgIpc) is 3.05. The maximum absolute atomic E-state index is 13.5. The Balaban J connectivity index is 1.98. The molecule has 0 unspecified atom stereocenters. The zero-order chi connectivity index (χ0) is 15.1. The molecule has 0 N–H and O–H groups in total. The Bertz CT molecular complexity index is 770. The Morgan fingerprint density at radius 3 is 2.76 bits per heavy atom. The predicted molar refractivity (Wildman–Crippen MR) is 71.1 cm³/mol. The van der Waals surface area contributed by atoms with Crippen LogP contribution in [0.15, 0.2) is 34.9 Å². The van der Waals surface area contributed by atoms with Gasteiger partial charge in [0, 0.05) is 0 Å². The molecule has 3 rings (SSSR count). The van der Waals surface area contributed by atoms with E-state index in [2.05, 4.69) is 0 Å². The highest BCUT2D eigenvalue weighted by Crippen LogP contribution is 2.33. The zero-order valence-electron chi connectivity index (χ0n) is 10.4. The van der Waals surface area contributed by atoms with Gasteiger partial charge < -0.3 is 4.42 Å². The third-order valence-electron chi connectivity index (χ3n) is 3.11. The van der Waals surface area contributed by atoms with E-state index in [9.17, 15) is 18.8 Å². The van der Waals surface area contributed by atoms with Gasteiger partial charge in [-0.05, 0) is 24.3 Å². The maximum atomic E-state index is 13.5. The van der Waals surface area contributed by atoms with Gasteiger partial charge in [-0.2, -0.15) is 0 Å². The summed E-state index contributed by atoms with van der Waals surface area (Å²) in [6, 6.07) is 5.02. The van der Waals surface area contributed by atoms with E-state index in [1.54, 1.807) is 0 Å². The molecule has 0 radical (unpaired) electrons. The fourth-order valence-corrected chi connectivity index (χ4v) is 2.27. The van der Waals surface area contributed by atoms with Crippen LogP contribution in [0, 0.1) is 5.82 Å². The molecule has 0 fully saturated rings. The number of Topliss-reactive ketones (excluding diaryl/α,β-unsaturated/α-hetero) is 2. The molecule has 1 aromatic heterocycles. The van der Waals surface area contributed by atoms with E-state index in [0.717, 1.165) is 17.0 Å². The fraction of sp³-hybridized carbons (Fsp3) is 0.0714. The summed E-state index contributed by atoms with van der Waals surface area (Å²) in [6.45, 7) is -0.411. The van der Waals surface area contributed by atoms with Crippen LogP contribution >= 0.6 is 11.6 Å². The fourth-order valence-electron chi connectivity index (χ4n) is 2.10. The van der Waals surface area contributed by atoms with Crippen LogP contribution in [-0.2, 0) is 4.79 Å². The molecule has 1 aliphatic heterocycles. The van der Waals surface area contributed by atoms with Crippen molar-refractivity contribution in [2.24, 2.45) is 0 Å². The Morgan fingerprint density at radius 2 is 2.10 bits per heavy atom. The molecule has 1 aromatic carbocycles. The van der Waals surface area contributed by atoms with Crippen molar-refractivity contribution >= 4 is 34.8 Å². The topological polar surface area (TPSA) is 67.6 Å². The molecule has 0 aliphatic carbocycles. The lowest BCUT2D eigenvalue weighted by Gasteiger charge is -2.14. The van der Waals surface area contributed by atoms with Crippen LogP contribution in [0.2, 0.25) is 5.02 Å². The molecule has 7 heteroatoms. The Hall–Kier alpha value is -2.47. The van der Waals surface area contributed by atoms with Gasteiger partial charge in [-0.1, -0.05) is 11.6 Å². The van der Waals surface area contributed by atoms with Crippen molar-refractivity contribution in [3.05, 3.63) is 52.7 Å². The molecule has 21 heavy (non-hydrogen) atoms. The van der Waals surface area contributed by atoms with Crippen LogP contribution in [0.4, 0.5) is 10.1 Å². The lowest BCUT2D eigenvalue weighted by atomic mass is 10.1. The van der Waals surface area contributed by atoms with Crippen molar-refractivity contribution in [2.45, 2.75) is 0 Å². The van der Waals surface area contributed by atoms with Gasteiger partial charge in [-0.15, -0.1) is 0 Å². The number of rotatable bonds is 3. The normalized spacial score (nSPS) is 13.7. The number of hydrogen-bond donors (Lipinski definition) is 0. The highest BCUT2D eigenvalue weighted by molar-refractivity contribution is 6.53. The van der Waals surface area contributed by atoms with Crippen molar-refractivity contribution < 1.29 is 23.2 Å². The molecule has 0 saturated carbocycles. The molecule has 0 saturated heterocycles. The summed E-state index contributed by atoms with van der Waals surface area (Å²) in [5, 5.41) is -0.255. The third kappa shape index (κ3) is 2.13. The first-order valence-corrected chi connectivity index (χ1v) is 6.29. The quantitative estimate of drug-likeness (QED) is 0.645. The first-order valence-electron chi connectivity index (χ1n) is 5.91. The Morgan fingerprint density at radius 1 is 1.33 bits per heavy atom. The number of carbonyl (C=O) groups is 3. The van der Waals surface area contributed by atoms with Crippen LogP contribution < -0.4 is 4.90 Å². The minimum atomic E-state index is -0.897. The van der Waals surface area contributed by atoms with Gasteiger partial charge in [-0.25, -0.2) is 4.39 Å². The summed E-state index contributed by atoms with van der Waals surface area (Å²) < 4.78 is 18.5. The van der Waals surface area contributed by atoms with Crippen LogP contribution in [0.5, 0.6) is 0 Å². The molecule has 2 aromatic rings. The van der Waals surface area contributed by atoms with Crippen LogP contribution in [0.3, 0.4) is 0 Å². The van der Waals surface area contributed by atoms with E-state index in [0.29, 0.717) is 0 Å². The van der Waals surface area contributed by atoms with E-state index in [1.165, 1.54) is 18.4 Å². The van der Waals surface area contributed by atoms with E-state index >= 15 is 0 Å². The first-order chi connectivity index (χ1) is 9.99. The van der Waals surface area contributed by atoms with E-state index in [-0.39, 0.29) is 22.0 Å². The number of halogens is 2. The molecule has 0 spiro atoms. The Labute approximate surface area is 122 Å². The SMILES string of the molecule is O=C(CN1C(=O)C(=O)c2cc(Cl)c(F)cc21)c1ccco1. The van der Waals surface area contributed by atoms with Gasteiger partial charge in [0.15, 0.2) is 5.76 Å². The van der Waals surface area contributed by atoms with Crippen molar-refractivity contribution in [3.63, 3.8) is 0 Å². The summed E-state index contributed by atoms with van der Waals surface area (Å²) in [6.07, 6.45) is 1.32. The number of carbonyl (C=O) groups excluding carboxylic acids is 3. The van der Waals surface area contributed by atoms with Crippen molar-refractivity contribution in [3.8, 4) is 0 Å². The number of benzene rings is 1. The van der Waals surface area contributed by atoms with Gasteiger partial charge in [0.2, 0.25) is 5.78 Å². The second kappa shape index (κ2) is 4.82. The van der Waals surface area contributed by atoms with Gasteiger partial charge >= 0.3 is 0 Å². The molecule has 0 atom stereocenters. The summed E-state index contributed by atoms with van der Waals surface area (Å²) in [4.78, 5) is 36.6. The summed E-state index contributed by atoms with van der Waals surface area (Å²) in [7, 11) is 0. The predicted octanol–water partition coefficient (Wildman–Crippen LogP) is 2.48. The molecular weight excluding hydrogens is 301 g/mol. The van der Waals surface area contributed by atoms with E-state index < -0.39 is 29.8 Å². The molecule has 1 amide bonds. The average molecular weight is 308 g/mol. The second-order valence-corrected chi connectivity index (χ2v) is 4.81. The van der Waals surface area contributed by atoms with Gasteiger partial charge in [0.25, 0.3) is 11.7 Å². The van der Waals surface area contributed by atoms with Crippen LogP contribution in [-0.4, -0.2) is 24.0 Å². The molecule has 2 heterocycles. The minimum absolute atomic E-state index is 0.0151. The van der Waals surface area contributed by atoms with Gasteiger partial charge in [0.1, 0.15) is 5.82 Å². The van der Waals surface area contributed by atoms with Crippen molar-refractivity contribution in [1.82, 2.24) is 0 Å². The van der Waals surface area contributed by atoms with Crippen LogP contribution in [0.1, 0.15) is 20.9 Å². The van der Waals surface area contributed by atoms with Crippen molar-refractivity contribution in [1.29, 1.82) is 0 Å². The van der Waals surface area contributed by atoms with E-state index in [4.69, 9.17) is 16.0 Å². The minimum Gasteiger partial charge on any atom is -0.461 e. The highest BCUT2D eigenvalue weighted by Gasteiger charge is 2.38. The van der Waals surface area contributed by atoms with Crippen LogP contribution in [0.25, 0.3) is 0 Å². The number of nitrogens with zero attached hydrogens (tertiary/aromatic N) is 1. The van der Waals surface area contributed by atoms with Gasteiger partial charge in [-0.3, -0.25) is 19.3 Å². The second-order valence-electron chi connectivity index (χ2n) is 4.40. The molecule has 1 aliphatic rings. The lowest BCUT2D eigenvalue weighted by Crippen LogP contribution is -2.34. The monoisotopic (exact) mass is 307 g/mol. The molecule has 106 valence electrons. The highest BCUT2D eigenvalue weighted by atomic mass is 35.5. The number of furan rings is 1. The molecular formula is C14H7ClFNO4. The summed E-state index contributed by atoms with van der Waals surface area (Å²) >= 11 is 5.60. The van der Waals surface area contributed by atoms with E-state index in [1.807, 2.05) is 0 Å². The first kappa shape index (κ1) is 13.5. The standard InChI is InChI=1S/C14H7ClFNO4/c15-8-4-7-10(5-9(8)16)17(14(20)13(7)19)6-11(18)12-2-1-3-21-12/h1-5H,6H2. The smallest absolute Gasteiger partial charge is 0.299 e. The largest absolute Gasteiger partial charge is 0.461 e. The third-order valence-corrected chi connectivity index (χ3v) is 3.40. The number of hydrogen-bond acceptors (Lipinski definition) is 4. The maximum Gasteiger partial charge on any atom is 0.299 e. The number of amides is 1. The number of ketones is 2. The Kier molecular flexibility index (Phi) is 3.10. The zero-order valence-corrected chi connectivity index (χ0v) is 11.2. The van der Waals surface area contributed by atoms with Crippen molar-refractivity contribution in [2.75, 3.05) is 11.4 Å².